The molecule has 0 atom stereocenters. The first kappa shape index (κ1) is 17.7. The third-order valence-corrected chi connectivity index (χ3v) is 4.96. The van der Waals surface area contributed by atoms with E-state index in [1.807, 2.05) is 18.2 Å². The summed E-state index contributed by atoms with van der Waals surface area (Å²) in [5.41, 5.74) is 3.26. The van der Waals surface area contributed by atoms with Crippen molar-refractivity contribution >= 4 is 22.6 Å². The van der Waals surface area contributed by atoms with Crippen LogP contribution in [0.4, 0.5) is 0 Å². The van der Waals surface area contributed by atoms with E-state index in [0.29, 0.717) is 16.2 Å². The van der Waals surface area contributed by atoms with Gasteiger partial charge in [0.05, 0.1) is 0 Å². The zero-order chi connectivity index (χ0) is 18.0. The highest BCUT2D eigenvalue weighted by Crippen LogP contribution is 2.33. The molecular formula is C20H24ClN3O. The predicted molar refractivity (Wildman–Crippen MR) is 103 cm³/mol. The van der Waals surface area contributed by atoms with Crippen molar-refractivity contribution in [1.29, 1.82) is 0 Å². The maximum atomic E-state index is 10.3. The molecule has 0 saturated carbocycles. The highest BCUT2D eigenvalue weighted by Gasteiger charge is 2.22. The maximum absolute atomic E-state index is 10.3. The minimum Gasteiger partial charge on any atom is -0.506 e. The lowest BCUT2D eigenvalue weighted by Crippen LogP contribution is -2.17. The molecular weight excluding hydrogens is 334 g/mol. The summed E-state index contributed by atoms with van der Waals surface area (Å²) in [6.45, 7) is 6.70. The molecule has 3 aromatic rings. The quantitative estimate of drug-likeness (QED) is 0.581. The Morgan fingerprint density at radius 1 is 1.04 bits per heavy atom. The molecule has 0 saturated heterocycles. The fourth-order valence-electron chi connectivity index (χ4n) is 3.06. The number of nitrogens with zero attached hydrogens (tertiary/aromatic N) is 3. The summed E-state index contributed by atoms with van der Waals surface area (Å²) >= 11 is 6.02. The van der Waals surface area contributed by atoms with Crippen molar-refractivity contribution in [1.82, 2.24) is 15.0 Å². The van der Waals surface area contributed by atoms with Gasteiger partial charge in [0.15, 0.2) is 0 Å². The summed E-state index contributed by atoms with van der Waals surface area (Å²) in [4.78, 5) is 1.49. The van der Waals surface area contributed by atoms with Gasteiger partial charge in [0, 0.05) is 5.02 Å². The van der Waals surface area contributed by atoms with Crippen LogP contribution in [0.25, 0.3) is 16.7 Å². The largest absolute Gasteiger partial charge is 0.506 e. The summed E-state index contributed by atoms with van der Waals surface area (Å²) in [5, 5.41) is 19.9. The first-order valence-corrected chi connectivity index (χ1v) is 9.15. The number of phenolic OH excluding ortho intramolecular Hbond substituents is 1. The molecule has 5 heteroatoms. The van der Waals surface area contributed by atoms with Gasteiger partial charge in [0.2, 0.25) is 0 Å². The zero-order valence-corrected chi connectivity index (χ0v) is 15.7. The van der Waals surface area contributed by atoms with Crippen LogP contribution in [0.15, 0.2) is 36.4 Å². The molecule has 1 aromatic heterocycles. The molecule has 0 unspecified atom stereocenters. The first-order chi connectivity index (χ1) is 11.9. The maximum Gasteiger partial charge on any atom is 0.143 e. The molecule has 0 aliphatic rings. The Kier molecular flexibility index (Phi) is 5.00. The van der Waals surface area contributed by atoms with Gasteiger partial charge >= 0.3 is 0 Å². The fraction of sp³-hybridized carbons (Fsp3) is 0.400. The monoisotopic (exact) mass is 357 g/mol. The van der Waals surface area contributed by atoms with Gasteiger partial charge in [-0.25, -0.2) is 0 Å². The van der Waals surface area contributed by atoms with E-state index in [4.69, 9.17) is 11.6 Å². The van der Waals surface area contributed by atoms with Crippen molar-refractivity contribution in [2.45, 2.75) is 51.9 Å². The Morgan fingerprint density at radius 3 is 2.56 bits per heavy atom. The summed E-state index contributed by atoms with van der Waals surface area (Å²) in [6.07, 6.45) is 4.75. The molecule has 0 spiro atoms. The van der Waals surface area contributed by atoms with E-state index in [-0.39, 0.29) is 11.2 Å². The van der Waals surface area contributed by atoms with Crippen molar-refractivity contribution in [2.24, 2.45) is 0 Å². The van der Waals surface area contributed by atoms with Crippen LogP contribution in [0.5, 0.6) is 5.75 Å². The van der Waals surface area contributed by atoms with Gasteiger partial charge in [-0.1, -0.05) is 57.7 Å². The predicted octanol–water partition coefficient (Wildman–Crippen LogP) is 5.64. The van der Waals surface area contributed by atoms with E-state index in [1.165, 1.54) is 29.6 Å². The lowest BCUT2D eigenvalue weighted by molar-refractivity contribution is 0.444. The summed E-state index contributed by atoms with van der Waals surface area (Å²) in [5.74, 6) is 0.166. The van der Waals surface area contributed by atoms with Crippen LogP contribution in [-0.2, 0) is 5.41 Å². The highest BCUT2D eigenvalue weighted by molar-refractivity contribution is 6.31. The Labute approximate surface area is 153 Å². The average Bonchev–Trinajstić information content (AvgIpc) is 2.98. The highest BCUT2D eigenvalue weighted by atomic mass is 35.5. The first-order valence-electron chi connectivity index (χ1n) is 8.77. The smallest absolute Gasteiger partial charge is 0.143 e. The second-order valence-electron chi connectivity index (χ2n) is 7.17. The minimum absolute atomic E-state index is 0.0352. The van der Waals surface area contributed by atoms with Gasteiger partial charge in [0.25, 0.3) is 0 Å². The van der Waals surface area contributed by atoms with Gasteiger partial charge in [-0.3, -0.25) is 0 Å². The number of hydrogen-bond acceptors (Lipinski definition) is 3. The topological polar surface area (TPSA) is 50.9 Å². The number of hydrogen-bond donors (Lipinski definition) is 1. The number of halogens is 1. The van der Waals surface area contributed by atoms with E-state index in [0.717, 1.165) is 11.9 Å². The molecule has 2 aromatic carbocycles. The molecule has 3 rings (SSSR count). The van der Waals surface area contributed by atoms with Crippen molar-refractivity contribution < 1.29 is 5.11 Å². The van der Waals surface area contributed by atoms with Crippen molar-refractivity contribution in [3.63, 3.8) is 0 Å². The molecule has 4 nitrogen and oxygen atoms in total. The number of aromatic nitrogens is 3. The molecule has 0 bridgehead atoms. The van der Waals surface area contributed by atoms with Crippen LogP contribution in [0, 0.1) is 0 Å². The van der Waals surface area contributed by atoms with Crippen molar-refractivity contribution in [3.05, 3.63) is 47.0 Å². The molecule has 0 aliphatic carbocycles. The number of benzene rings is 2. The molecule has 0 radical (unpaired) electrons. The molecule has 0 fully saturated rings. The van der Waals surface area contributed by atoms with E-state index in [9.17, 15) is 5.11 Å². The van der Waals surface area contributed by atoms with Gasteiger partial charge in [-0.2, -0.15) is 0 Å². The molecule has 0 aliphatic heterocycles. The summed E-state index contributed by atoms with van der Waals surface area (Å²) in [7, 11) is 0. The van der Waals surface area contributed by atoms with Crippen LogP contribution in [0.1, 0.15) is 52.0 Å². The lowest BCUT2D eigenvalue weighted by Gasteiger charge is -2.26. The minimum atomic E-state index is 0.0352. The van der Waals surface area contributed by atoms with E-state index in [1.54, 1.807) is 18.2 Å². The van der Waals surface area contributed by atoms with Gasteiger partial charge in [-0.15, -0.1) is 15.0 Å². The average molecular weight is 358 g/mol. The molecule has 0 amide bonds. The second kappa shape index (κ2) is 7.04. The fourth-order valence-corrected chi connectivity index (χ4v) is 3.23. The number of unbranched alkanes of at least 4 members (excludes halogenated alkanes) is 2. The second-order valence-corrected chi connectivity index (χ2v) is 7.60. The number of fused-ring (bicyclic) bond motifs is 1. The van der Waals surface area contributed by atoms with Gasteiger partial charge in [-0.05, 0) is 47.7 Å². The normalized spacial score (nSPS) is 12.0. The number of aromatic hydroxyl groups is 1. The van der Waals surface area contributed by atoms with Crippen LogP contribution in [0.2, 0.25) is 5.02 Å². The Hall–Kier alpha value is -2.07. The van der Waals surface area contributed by atoms with Gasteiger partial charge < -0.3 is 5.11 Å². The summed E-state index contributed by atoms with van der Waals surface area (Å²) in [6, 6.07) is 11.1. The summed E-state index contributed by atoms with van der Waals surface area (Å²) < 4.78 is 0. The van der Waals surface area contributed by atoms with E-state index >= 15 is 0 Å². The standard InChI is InChI=1S/C20H24ClN3O/c1-4-5-6-11-20(2,3)14-7-10-19(25)18(12-14)24-22-16-9-8-15(21)13-17(16)23-24/h7-10,12-13,25H,4-6,11H2,1-3H3. The number of phenols is 1. The Bertz CT molecular complexity index is 886. The lowest BCUT2D eigenvalue weighted by atomic mass is 9.80. The molecule has 25 heavy (non-hydrogen) atoms. The Balaban J connectivity index is 1.98. The van der Waals surface area contributed by atoms with Crippen LogP contribution >= 0.6 is 11.6 Å². The van der Waals surface area contributed by atoms with Crippen LogP contribution in [-0.4, -0.2) is 20.1 Å². The third-order valence-electron chi connectivity index (χ3n) is 4.72. The number of rotatable bonds is 6. The van der Waals surface area contributed by atoms with Crippen molar-refractivity contribution in [2.75, 3.05) is 0 Å². The van der Waals surface area contributed by atoms with E-state index < -0.39 is 0 Å². The Morgan fingerprint density at radius 2 is 1.80 bits per heavy atom. The molecule has 132 valence electrons. The molecule has 1 heterocycles. The van der Waals surface area contributed by atoms with Crippen molar-refractivity contribution in [3.8, 4) is 11.4 Å². The molecule has 1 N–H and O–H groups in total. The zero-order valence-electron chi connectivity index (χ0n) is 15.0. The van der Waals surface area contributed by atoms with E-state index in [2.05, 4.69) is 31.0 Å². The van der Waals surface area contributed by atoms with Gasteiger partial charge in [0.1, 0.15) is 22.5 Å². The SMILES string of the molecule is CCCCCC(C)(C)c1ccc(O)c(-n2nc3ccc(Cl)cc3n2)c1. The van der Waals surface area contributed by atoms with Crippen LogP contribution < -0.4 is 0 Å². The van der Waals surface area contributed by atoms with Crippen LogP contribution in [0.3, 0.4) is 0 Å². The third kappa shape index (κ3) is 3.79.